The van der Waals surface area contributed by atoms with Gasteiger partial charge in [0.2, 0.25) is 0 Å². The highest BCUT2D eigenvalue weighted by Gasteiger charge is 2.41. The molecule has 0 N–H and O–H groups in total. The van der Waals surface area contributed by atoms with Gasteiger partial charge in [-0.1, -0.05) is 127 Å². The maximum absolute atomic E-state index is 10.6. The van der Waals surface area contributed by atoms with Gasteiger partial charge in [-0.3, -0.25) is 0 Å². The van der Waals surface area contributed by atoms with Crippen molar-refractivity contribution in [3.63, 3.8) is 0 Å². The number of nitrogens with zero attached hydrogens (tertiary/aromatic N) is 4. The van der Waals surface area contributed by atoms with Crippen LogP contribution in [0.5, 0.6) is 0 Å². The van der Waals surface area contributed by atoms with Crippen molar-refractivity contribution in [1.82, 2.24) is 4.57 Å². The van der Waals surface area contributed by atoms with Gasteiger partial charge in [0.25, 0.3) is 0 Å². The highest BCUT2D eigenvalue weighted by molar-refractivity contribution is 7.19. The maximum Gasteiger partial charge on any atom is 0.188 e. The Hall–Kier alpha value is -6.97. The van der Waals surface area contributed by atoms with Gasteiger partial charge in [-0.2, -0.15) is 10.5 Å². The van der Waals surface area contributed by atoms with Crippen LogP contribution in [0.4, 0.5) is 5.69 Å². The van der Waals surface area contributed by atoms with Crippen molar-refractivity contribution >= 4 is 56.3 Å². The van der Waals surface area contributed by atoms with E-state index in [9.17, 15) is 10.5 Å². The van der Waals surface area contributed by atoms with Gasteiger partial charge in [-0.25, -0.2) is 4.85 Å². The van der Waals surface area contributed by atoms with E-state index < -0.39 is 8.07 Å². The number of aromatic nitrogens is 1. The highest BCUT2D eigenvalue weighted by Crippen LogP contribution is 2.38. The molecule has 5 heteroatoms. The lowest BCUT2D eigenvalue weighted by Crippen LogP contribution is -2.74. The van der Waals surface area contributed by atoms with Gasteiger partial charge in [-0.15, -0.1) is 0 Å². The number of hydrogen-bond donors (Lipinski definition) is 0. The average molecular weight is 653 g/mol. The summed E-state index contributed by atoms with van der Waals surface area (Å²) in [5, 5.41) is 27.6. The molecule has 0 fully saturated rings. The van der Waals surface area contributed by atoms with E-state index in [-0.39, 0.29) is 0 Å². The van der Waals surface area contributed by atoms with Crippen LogP contribution in [-0.2, 0) is 0 Å². The van der Waals surface area contributed by atoms with Crippen LogP contribution in [0, 0.1) is 29.2 Å². The minimum atomic E-state index is -2.91. The molecule has 1 heterocycles. The van der Waals surface area contributed by atoms with E-state index in [1.54, 1.807) is 0 Å². The summed E-state index contributed by atoms with van der Waals surface area (Å²) in [6, 6.07) is 62.8. The van der Waals surface area contributed by atoms with E-state index in [0.29, 0.717) is 16.8 Å². The second-order valence-electron chi connectivity index (χ2n) is 12.2. The molecule has 0 amide bonds. The van der Waals surface area contributed by atoms with Crippen molar-refractivity contribution < 1.29 is 0 Å². The van der Waals surface area contributed by atoms with Gasteiger partial charge in [0.1, 0.15) is 0 Å². The summed E-state index contributed by atoms with van der Waals surface area (Å²) in [4.78, 5) is 3.70. The Morgan fingerprint density at radius 1 is 0.500 bits per heavy atom. The lowest BCUT2D eigenvalue weighted by molar-refractivity contribution is 1.18. The molecule has 8 rings (SSSR count). The molecule has 0 aliphatic heterocycles. The molecule has 0 saturated heterocycles. The molecule has 232 valence electrons. The van der Waals surface area contributed by atoms with Gasteiger partial charge in [0.15, 0.2) is 13.8 Å². The summed E-state index contributed by atoms with van der Waals surface area (Å²) in [5.74, 6) is 0. The molecule has 7 aromatic carbocycles. The van der Waals surface area contributed by atoms with E-state index in [0.717, 1.165) is 43.8 Å². The quantitative estimate of drug-likeness (QED) is 0.104. The van der Waals surface area contributed by atoms with E-state index in [4.69, 9.17) is 6.57 Å². The zero-order valence-corrected chi connectivity index (χ0v) is 28.0. The summed E-state index contributed by atoms with van der Waals surface area (Å²) in [7, 11) is -2.91. The maximum atomic E-state index is 10.6. The molecule has 0 bridgehead atoms. The first-order valence-corrected chi connectivity index (χ1v) is 18.3. The molecule has 0 aliphatic rings. The fraction of sp³-hybridized carbons (Fsp3) is 0. The Morgan fingerprint density at radius 2 is 1.10 bits per heavy atom. The molecule has 8 aromatic rings. The number of nitriles is 2. The van der Waals surface area contributed by atoms with Crippen molar-refractivity contribution in [2.45, 2.75) is 0 Å². The summed E-state index contributed by atoms with van der Waals surface area (Å²) in [6.45, 7) is 7.65. The van der Waals surface area contributed by atoms with Crippen molar-refractivity contribution in [2.75, 3.05) is 0 Å². The van der Waals surface area contributed by atoms with Gasteiger partial charge in [0.05, 0.1) is 46.6 Å². The predicted octanol–water partition coefficient (Wildman–Crippen LogP) is 8.12. The first kappa shape index (κ1) is 30.4. The van der Waals surface area contributed by atoms with Crippen LogP contribution >= 0.6 is 0 Å². The van der Waals surface area contributed by atoms with Crippen molar-refractivity contribution in [2.24, 2.45) is 0 Å². The molecule has 0 atom stereocenters. The van der Waals surface area contributed by atoms with Crippen LogP contribution in [0.2, 0.25) is 0 Å². The van der Waals surface area contributed by atoms with Crippen LogP contribution in [0.15, 0.2) is 170 Å². The monoisotopic (exact) mass is 652 g/mol. The molecule has 1 aromatic heterocycles. The Kier molecular flexibility index (Phi) is 7.63. The SMILES string of the molecule is [C-]#[N+]c1ccc2c(c1)c1ccccc1n2-c1ccc(C#N)cc1-c1cc([Si](c2ccccc2)(c2ccccc2)c2ccccc2)ccc1C#N. The number of hydrogen-bond acceptors (Lipinski definition) is 2. The highest BCUT2D eigenvalue weighted by atomic mass is 28.3. The second kappa shape index (κ2) is 12.6. The van der Waals surface area contributed by atoms with Gasteiger partial charge >= 0.3 is 0 Å². The third-order valence-electron chi connectivity index (χ3n) is 9.64. The molecule has 0 unspecified atom stereocenters. The Morgan fingerprint density at radius 3 is 1.70 bits per heavy atom. The molecular formula is C45H28N4Si. The normalized spacial score (nSPS) is 11.1. The van der Waals surface area contributed by atoms with Crippen LogP contribution in [-0.4, -0.2) is 12.6 Å². The Balaban J connectivity index is 1.48. The van der Waals surface area contributed by atoms with E-state index in [1.165, 1.54) is 15.6 Å². The van der Waals surface area contributed by atoms with E-state index >= 15 is 0 Å². The topological polar surface area (TPSA) is 56.9 Å². The summed E-state index contributed by atoms with van der Waals surface area (Å²) in [6.07, 6.45) is 0. The summed E-state index contributed by atoms with van der Waals surface area (Å²) >= 11 is 0. The molecule has 0 saturated carbocycles. The summed E-state index contributed by atoms with van der Waals surface area (Å²) < 4.78 is 2.19. The summed E-state index contributed by atoms with van der Waals surface area (Å²) in [5.41, 5.74) is 5.93. The van der Waals surface area contributed by atoms with Gasteiger partial charge in [0, 0.05) is 16.5 Å². The molecule has 0 aliphatic carbocycles. The standard InChI is InChI=1S/C45H28N4Si/c1-48-34-23-26-45-42(28-34)39-19-11-12-20-43(39)49(45)44-25-21-32(30-46)27-41(44)40-29-38(24-22-33(40)31-47)50(35-13-5-2-6-14-35,36-15-7-3-8-16-36)37-17-9-4-10-18-37/h2-29H. The Bertz CT molecular complexity index is 2580. The van der Waals surface area contributed by atoms with Crippen LogP contribution in [0.1, 0.15) is 11.1 Å². The molecule has 0 radical (unpaired) electrons. The lowest BCUT2D eigenvalue weighted by atomic mass is 9.96. The second-order valence-corrected chi connectivity index (χ2v) is 16.0. The first-order chi connectivity index (χ1) is 24.7. The fourth-order valence-corrected chi connectivity index (χ4v) is 12.2. The van der Waals surface area contributed by atoms with Crippen LogP contribution < -0.4 is 20.7 Å². The van der Waals surface area contributed by atoms with Crippen LogP contribution in [0.25, 0.3) is 43.5 Å². The van der Waals surface area contributed by atoms with Crippen molar-refractivity contribution in [3.05, 3.63) is 192 Å². The van der Waals surface area contributed by atoms with Crippen molar-refractivity contribution in [1.29, 1.82) is 10.5 Å². The predicted molar refractivity (Wildman–Crippen MR) is 206 cm³/mol. The number of para-hydroxylation sites is 1. The minimum Gasteiger partial charge on any atom is -0.309 e. The molecular weight excluding hydrogens is 625 g/mol. The number of fused-ring (bicyclic) bond motifs is 3. The smallest absolute Gasteiger partial charge is 0.188 e. The molecule has 50 heavy (non-hydrogen) atoms. The molecule has 0 spiro atoms. The molecule has 4 nitrogen and oxygen atoms in total. The zero-order valence-electron chi connectivity index (χ0n) is 27.0. The third-order valence-corrected chi connectivity index (χ3v) is 14.4. The largest absolute Gasteiger partial charge is 0.309 e. The minimum absolute atomic E-state index is 0.506. The van der Waals surface area contributed by atoms with Gasteiger partial charge < -0.3 is 4.57 Å². The van der Waals surface area contributed by atoms with Crippen molar-refractivity contribution in [3.8, 4) is 29.0 Å². The van der Waals surface area contributed by atoms with Crippen LogP contribution in [0.3, 0.4) is 0 Å². The number of benzene rings is 7. The fourth-order valence-electron chi connectivity index (χ4n) is 7.47. The first-order valence-electron chi connectivity index (χ1n) is 16.3. The lowest BCUT2D eigenvalue weighted by Gasteiger charge is -2.35. The van der Waals surface area contributed by atoms with E-state index in [1.807, 2.05) is 54.6 Å². The third kappa shape index (κ3) is 4.80. The van der Waals surface area contributed by atoms with Gasteiger partial charge in [-0.05, 0) is 68.6 Å². The zero-order chi connectivity index (χ0) is 34.1. The number of rotatable bonds is 6. The Labute approximate surface area is 291 Å². The average Bonchev–Trinajstić information content (AvgIpc) is 3.52. The van der Waals surface area contributed by atoms with E-state index in [2.05, 4.69) is 137 Å².